The summed E-state index contributed by atoms with van der Waals surface area (Å²) in [6, 6.07) is 14.8. The molecule has 0 spiro atoms. The third-order valence-corrected chi connectivity index (χ3v) is 5.64. The van der Waals surface area contributed by atoms with E-state index in [2.05, 4.69) is 15.3 Å². The summed E-state index contributed by atoms with van der Waals surface area (Å²) < 4.78 is 13.2. The molecule has 0 saturated carbocycles. The van der Waals surface area contributed by atoms with Crippen molar-refractivity contribution < 1.29 is 18.8 Å². The van der Waals surface area contributed by atoms with Gasteiger partial charge < -0.3 is 0 Å². The molecule has 0 aliphatic carbocycles. The summed E-state index contributed by atoms with van der Waals surface area (Å²) in [5, 5.41) is 4.87. The molecule has 3 amide bonds. The Labute approximate surface area is 185 Å². The van der Waals surface area contributed by atoms with E-state index < -0.39 is 23.5 Å². The lowest BCUT2D eigenvalue weighted by atomic mass is 10.1. The van der Waals surface area contributed by atoms with Crippen molar-refractivity contribution in [3.63, 3.8) is 0 Å². The van der Waals surface area contributed by atoms with E-state index >= 15 is 0 Å². The minimum Gasteiger partial charge on any atom is -0.298 e. The maximum Gasteiger partial charge on any atom is 0.266 e. The number of amides is 3. The Balaban J connectivity index is 1.38. The van der Waals surface area contributed by atoms with E-state index in [4.69, 9.17) is 0 Å². The monoisotopic (exact) mass is 444 g/mol. The lowest BCUT2D eigenvalue weighted by Crippen LogP contribution is -2.29. The maximum atomic E-state index is 13.2. The lowest BCUT2D eigenvalue weighted by Gasteiger charge is -2.13. The van der Waals surface area contributed by atoms with Crippen molar-refractivity contribution in [2.45, 2.75) is 0 Å². The number of rotatable bonds is 4. The van der Waals surface area contributed by atoms with Gasteiger partial charge in [0.05, 0.1) is 22.5 Å². The molecule has 4 aromatic rings. The van der Waals surface area contributed by atoms with Gasteiger partial charge >= 0.3 is 0 Å². The van der Waals surface area contributed by atoms with Crippen molar-refractivity contribution in [1.82, 2.24) is 9.97 Å². The summed E-state index contributed by atoms with van der Waals surface area (Å²) in [4.78, 5) is 47.8. The smallest absolute Gasteiger partial charge is 0.266 e. The number of nitrogens with one attached hydrogen (secondary N) is 1. The third kappa shape index (κ3) is 3.44. The van der Waals surface area contributed by atoms with E-state index in [9.17, 15) is 18.8 Å². The number of hydrogen-bond acceptors (Lipinski definition) is 6. The lowest BCUT2D eigenvalue weighted by molar-refractivity contribution is 0.0925. The molecule has 0 saturated heterocycles. The van der Waals surface area contributed by atoms with Crippen molar-refractivity contribution in [1.29, 1.82) is 0 Å². The van der Waals surface area contributed by atoms with Gasteiger partial charge in [-0.2, -0.15) is 0 Å². The second kappa shape index (κ2) is 7.78. The zero-order valence-electron chi connectivity index (χ0n) is 16.3. The molecule has 3 heterocycles. The Morgan fingerprint density at radius 2 is 1.72 bits per heavy atom. The highest BCUT2D eigenvalue weighted by Crippen LogP contribution is 2.30. The molecular weight excluding hydrogens is 431 g/mol. The van der Waals surface area contributed by atoms with Crippen LogP contribution in [0.3, 0.4) is 0 Å². The number of fused-ring (bicyclic) bond motifs is 1. The van der Waals surface area contributed by atoms with Gasteiger partial charge in [-0.15, -0.1) is 11.3 Å². The summed E-state index contributed by atoms with van der Waals surface area (Å²) >= 11 is 1.25. The fourth-order valence-corrected chi connectivity index (χ4v) is 4.04. The summed E-state index contributed by atoms with van der Waals surface area (Å²) in [6.45, 7) is 0. The van der Waals surface area contributed by atoms with Crippen LogP contribution >= 0.6 is 11.3 Å². The number of nitrogens with zero attached hydrogens (tertiary/aromatic N) is 3. The van der Waals surface area contributed by atoms with E-state index in [0.717, 1.165) is 4.90 Å². The molecule has 156 valence electrons. The molecule has 0 bridgehead atoms. The number of aromatic nitrogens is 2. The molecule has 1 aliphatic heterocycles. The van der Waals surface area contributed by atoms with E-state index in [1.807, 2.05) is 12.1 Å². The SMILES string of the molecule is O=C(Nc1nc(-c2ccccn2)cs1)c1ccc2c(c1)C(=O)N(c1ccc(F)cc1)C2=O. The highest BCUT2D eigenvalue weighted by molar-refractivity contribution is 7.14. The van der Waals surface area contributed by atoms with Gasteiger partial charge in [-0.3, -0.25) is 24.7 Å². The predicted molar refractivity (Wildman–Crippen MR) is 117 cm³/mol. The molecular formula is C23H13FN4O3S. The van der Waals surface area contributed by atoms with Crippen LogP contribution in [-0.4, -0.2) is 27.7 Å². The van der Waals surface area contributed by atoms with Crippen LogP contribution in [0.2, 0.25) is 0 Å². The number of hydrogen-bond donors (Lipinski definition) is 1. The van der Waals surface area contributed by atoms with Crippen molar-refractivity contribution in [2.24, 2.45) is 0 Å². The molecule has 7 nitrogen and oxygen atoms in total. The normalized spacial score (nSPS) is 12.7. The van der Waals surface area contributed by atoms with E-state index in [-0.39, 0.29) is 22.4 Å². The Hall–Kier alpha value is -4.24. The first kappa shape index (κ1) is 19.7. The van der Waals surface area contributed by atoms with Crippen LogP contribution in [0.15, 0.2) is 72.2 Å². The van der Waals surface area contributed by atoms with Crippen molar-refractivity contribution in [2.75, 3.05) is 10.2 Å². The van der Waals surface area contributed by atoms with Crippen molar-refractivity contribution >= 4 is 39.9 Å². The minimum absolute atomic E-state index is 0.111. The van der Waals surface area contributed by atoms with Crippen LogP contribution in [0.5, 0.6) is 0 Å². The first-order chi connectivity index (χ1) is 15.5. The topological polar surface area (TPSA) is 92.3 Å². The van der Waals surface area contributed by atoms with Gasteiger partial charge in [0.2, 0.25) is 0 Å². The molecule has 1 N–H and O–H groups in total. The molecule has 0 atom stereocenters. The van der Waals surface area contributed by atoms with E-state index in [0.29, 0.717) is 16.5 Å². The predicted octanol–water partition coefficient (Wildman–Crippen LogP) is 4.40. The molecule has 5 rings (SSSR count). The Morgan fingerprint density at radius 3 is 2.47 bits per heavy atom. The molecule has 1 aliphatic rings. The number of anilines is 2. The van der Waals surface area contributed by atoms with Crippen LogP contribution in [-0.2, 0) is 0 Å². The molecule has 32 heavy (non-hydrogen) atoms. The molecule has 9 heteroatoms. The van der Waals surface area contributed by atoms with E-state index in [1.54, 1.807) is 17.6 Å². The van der Waals surface area contributed by atoms with Crippen LogP contribution < -0.4 is 10.2 Å². The van der Waals surface area contributed by atoms with Crippen molar-refractivity contribution in [3.05, 3.63) is 94.7 Å². The number of pyridine rings is 1. The van der Waals surface area contributed by atoms with Gasteiger partial charge in [0, 0.05) is 17.1 Å². The second-order valence-electron chi connectivity index (χ2n) is 6.89. The standard InChI is InChI=1S/C23H13FN4O3S/c24-14-5-7-15(8-6-14)28-21(30)16-9-4-13(11-17(16)22(28)31)20(29)27-23-26-19(12-32-23)18-3-1-2-10-25-18/h1-12H,(H,26,27,29). The Morgan fingerprint density at radius 1 is 0.938 bits per heavy atom. The Kier molecular flexibility index (Phi) is 4.79. The van der Waals surface area contributed by atoms with Crippen LogP contribution in [0, 0.1) is 5.82 Å². The number of thiazole rings is 1. The van der Waals surface area contributed by atoms with E-state index in [1.165, 1.54) is 53.8 Å². The van der Waals surface area contributed by atoms with Gasteiger partial charge in [-0.25, -0.2) is 14.3 Å². The van der Waals surface area contributed by atoms with Crippen molar-refractivity contribution in [3.8, 4) is 11.4 Å². The summed E-state index contributed by atoms with van der Waals surface area (Å²) in [5.41, 5.74) is 2.08. The second-order valence-corrected chi connectivity index (χ2v) is 7.75. The van der Waals surface area contributed by atoms with Gasteiger partial charge in [-0.1, -0.05) is 6.07 Å². The number of carbonyl (C=O) groups excluding carboxylic acids is 3. The molecule has 2 aromatic carbocycles. The molecule has 2 aromatic heterocycles. The summed E-state index contributed by atoms with van der Waals surface area (Å²) in [6.07, 6.45) is 1.66. The highest BCUT2D eigenvalue weighted by Gasteiger charge is 2.37. The Bertz CT molecular complexity index is 1370. The largest absolute Gasteiger partial charge is 0.298 e. The minimum atomic E-state index is -0.571. The average molecular weight is 444 g/mol. The van der Waals surface area contributed by atoms with Gasteiger partial charge in [0.15, 0.2) is 5.13 Å². The number of imide groups is 1. The number of halogens is 1. The third-order valence-electron chi connectivity index (χ3n) is 4.89. The highest BCUT2D eigenvalue weighted by atomic mass is 32.1. The van der Waals surface area contributed by atoms with Crippen LogP contribution in [0.25, 0.3) is 11.4 Å². The molecule has 0 fully saturated rings. The summed E-state index contributed by atoms with van der Waals surface area (Å²) in [7, 11) is 0. The fourth-order valence-electron chi connectivity index (χ4n) is 3.34. The summed E-state index contributed by atoms with van der Waals surface area (Å²) in [5.74, 6) is -2.03. The molecule has 0 unspecified atom stereocenters. The quantitative estimate of drug-likeness (QED) is 0.471. The first-order valence-corrected chi connectivity index (χ1v) is 10.4. The zero-order chi connectivity index (χ0) is 22.2. The number of benzene rings is 2. The van der Waals surface area contributed by atoms with Gasteiger partial charge in [0.25, 0.3) is 17.7 Å². The average Bonchev–Trinajstić information content (AvgIpc) is 3.38. The van der Waals surface area contributed by atoms with Crippen LogP contribution in [0.4, 0.5) is 15.2 Å². The van der Waals surface area contributed by atoms with Crippen LogP contribution in [0.1, 0.15) is 31.1 Å². The maximum absolute atomic E-state index is 13.2. The van der Waals surface area contributed by atoms with Gasteiger partial charge in [0.1, 0.15) is 11.5 Å². The zero-order valence-corrected chi connectivity index (χ0v) is 17.1. The number of carbonyl (C=O) groups is 3. The fraction of sp³-hybridized carbons (Fsp3) is 0. The first-order valence-electron chi connectivity index (χ1n) is 9.48. The van der Waals surface area contributed by atoms with Gasteiger partial charge in [-0.05, 0) is 54.6 Å². The molecule has 0 radical (unpaired) electrons.